The number of fused-ring (bicyclic) bond motifs is 1. The van der Waals surface area contributed by atoms with Crippen molar-refractivity contribution in [1.82, 2.24) is 19.2 Å². The minimum atomic E-state index is -0.281. The van der Waals surface area contributed by atoms with Crippen LogP contribution in [0.15, 0.2) is 35.3 Å². The molecule has 1 saturated heterocycles. The fourth-order valence-corrected chi connectivity index (χ4v) is 4.89. The van der Waals surface area contributed by atoms with Gasteiger partial charge in [-0.15, -0.1) is 0 Å². The summed E-state index contributed by atoms with van der Waals surface area (Å²) in [5.41, 5.74) is 1.89. The summed E-state index contributed by atoms with van der Waals surface area (Å²) in [6.07, 6.45) is 2.76. The molecule has 1 fully saturated rings. The van der Waals surface area contributed by atoms with E-state index in [4.69, 9.17) is 0 Å². The van der Waals surface area contributed by atoms with Gasteiger partial charge in [-0.2, -0.15) is 5.10 Å². The lowest BCUT2D eigenvalue weighted by atomic mass is 9.92. The number of hydrogen-bond acceptors (Lipinski definition) is 3. The Hall–Kier alpha value is -2.96. The molecule has 31 heavy (non-hydrogen) atoms. The number of piperidine rings is 1. The Balaban J connectivity index is 1.66. The molecule has 3 heterocycles. The van der Waals surface area contributed by atoms with E-state index in [9.17, 15) is 14.0 Å². The van der Waals surface area contributed by atoms with Crippen LogP contribution in [0.2, 0.25) is 0 Å². The van der Waals surface area contributed by atoms with Gasteiger partial charge in [0.1, 0.15) is 12.4 Å². The number of aryl methyl sites for hydroxylation is 2. The molecule has 2 unspecified atom stereocenters. The molecule has 0 radical (unpaired) electrons. The van der Waals surface area contributed by atoms with E-state index in [1.807, 2.05) is 23.3 Å². The van der Waals surface area contributed by atoms with Gasteiger partial charge in [-0.1, -0.05) is 32.0 Å². The maximum Gasteiger partial charge on any atom is 0.276 e. The maximum atomic E-state index is 14.2. The highest BCUT2D eigenvalue weighted by Crippen LogP contribution is 2.24. The third-order valence-corrected chi connectivity index (χ3v) is 6.40. The lowest BCUT2D eigenvalue weighted by molar-refractivity contribution is -0.134. The molecule has 164 valence electrons. The fourth-order valence-electron chi connectivity index (χ4n) is 4.89. The van der Waals surface area contributed by atoms with Crippen molar-refractivity contribution in [3.05, 3.63) is 63.6 Å². The summed E-state index contributed by atoms with van der Waals surface area (Å²) < 4.78 is 17.4. The van der Waals surface area contributed by atoms with E-state index in [2.05, 4.69) is 18.9 Å². The molecule has 0 aliphatic carbocycles. The first-order valence-electron chi connectivity index (χ1n) is 10.8. The van der Waals surface area contributed by atoms with Crippen LogP contribution in [0.5, 0.6) is 0 Å². The van der Waals surface area contributed by atoms with Gasteiger partial charge < -0.3 is 9.47 Å². The number of carbonyl (C=O) groups is 1. The minimum absolute atomic E-state index is 0.0643. The predicted molar refractivity (Wildman–Crippen MR) is 118 cm³/mol. The Bertz CT molecular complexity index is 1190. The van der Waals surface area contributed by atoms with E-state index in [-0.39, 0.29) is 23.8 Å². The number of carbonyl (C=O) groups excluding carboxylic acids is 1. The van der Waals surface area contributed by atoms with Gasteiger partial charge in [0.2, 0.25) is 5.91 Å². The zero-order valence-electron chi connectivity index (χ0n) is 18.6. The van der Waals surface area contributed by atoms with Crippen LogP contribution >= 0.6 is 0 Å². The molecule has 1 aromatic carbocycles. The lowest BCUT2D eigenvalue weighted by Gasteiger charge is -2.35. The molecule has 0 spiro atoms. The summed E-state index contributed by atoms with van der Waals surface area (Å²) >= 11 is 0. The molecule has 1 aliphatic rings. The smallest absolute Gasteiger partial charge is 0.276 e. The van der Waals surface area contributed by atoms with Crippen LogP contribution in [-0.4, -0.2) is 38.2 Å². The number of benzene rings is 1. The van der Waals surface area contributed by atoms with Crippen LogP contribution in [0.4, 0.5) is 4.39 Å². The van der Waals surface area contributed by atoms with Crippen molar-refractivity contribution in [2.45, 2.75) is 47.2 Å². The number of likely N-dealkylation sites (tertiary alicyclic amines) is 1. The third-order valence-electron chi connectivity index (χ3n) is 6.40. The Morgan fingerprint density at radius 3 is 2.48 bits per heavy atom. The van der Waals surface area contributed by atoms with E-state index in [0.717, 1.165) is 36.3 Å². The van der Waals surface area contributed by atoms with Gasteiger partial charge in [0.15, 0.2) is 0 Å². The van der Waals surface area contributed by atoms with E-state index < -0.39 is 0 Å². The number of nitrogens with zero attached hydrogens (tertiary/aromatic N) is 4. The highest BCUT2D eigenvalue weighted by molar-refractivity contribution is 5.87. The van der Waals surface area contributed by atoms with Crippen LogP contribution in [0.25, 0.3) is 10.8 Å². The molecule has 7 heteroatoms. The van der Waals surface area contributed by atoms with Crippen molar-refractivity contribution in [2.24, 2.45) is 11.8 Å². The summed E-state index contributed by atoms with van der Waals surface area (Å²) in [6.45, 7) is 9.77. The normalized spacial score (nSPS) is 19.2. The molecule has 2 aromatic heterocycles. The third kappa shape index (κ3) is 4.01. The molecule has 3 aromatic rings. The molecule has 6 nitrogen and oxygen atoms in total. The molecule has 1 aliphatic heterocycles. The zero-order valence-corrected chi connectivity index (χ0v) is 18.6. The second-order valence-corrected chi connectivity index (χ2v) is 8.99. The van der Waals surface area contributed by atoms with Gasteiger partial charge in [0, 0.05) is 35.4 Å². The van der Waals surface area contributed by atoms with E-state index in [1.54, 1.807) is 24.4 Å². The molecule has 0 saturated carbocycles. The van der Waals surface area contributed by atoms with Crippen LogP contribution < -0.4 is 5.56 Å². The van der Waals surface area contributed by atoms with E-state index in [0.29, 0.717) is 29.3 Å². The Morgan fingerprint density at radius 1 is 1.13 bits per heavy atom. The average molecular weight is 425 g/mol. The standard InChI is InChI=1S/C24H29FN4O2/c1-15-9-16(2)12-27(11-15)22(30)14-29-24(31)23-18(4)28(17(3)20(23)10-26-29)13-19-7-5-6-8-21(19)25/h5-8,10,15-16H,9,11-14H2,1-4H3. The highest BCUT2D eigenvalue weighted by Gasteiger charge is 2.26. The van der Waals surface area contributed by atoms with Crippen LogP contribution in [0.3, 0.4) is 0 Å². The summed E-state index contributed by atoms with van der Waals surface area (Å²) in [6, 6.07) is 6.64. The SMILES string of the molecule is Cc1c2cnn(CC(=O)N3CC(C)CC(C)C3)c(=O)c2c(C)n1Cc1ccccc1F. The van der Waals surface area contributed by atoms with Gasteiger partial charge in [0.05, 0.1) is 18.1 Å². The Kier molecular flexibility index (Phi) is 5.69. The fraction of sp³-hybridized carbons (Fsp3) is 0.458. The maximum absolute atomic E-state index is 14.2. The zero-order chi connectivity index (χ0) is 22.3. The Morgan fingerprint density at radius 2 is 1.81 bits per heavy atom. The topological polar surface area (TPSA) is 60.1 Å². The Labute approximate surface area is 181 Å². The van der Waals surface area contributed by atoms with Crippen LogP contribution in [0.1, 0.15) is 37.2 Å². The quantitative estimate of drug-likeness (QED) is 0.644. The summed E-state index contributed by atoms with van der Waals surface area (Å²) in [7, 11) is 0. The van der Waals surface area contributed by atoms with Crippen molar-refractivity contribution in [3.8, 4) is 0 Å². The number of amides is 1. The van der Waals surface area contributed by atoms with Crippen LogP contribution in [-0.2, 0) is 17.9 Å². The van der Waals surface area contributed by atoms with Crippen molar-refractivity contribution in [1.29, 1.82) is 0 Å². The predicted octanol–water partition coefficient (Wildman–Crippen LogP) is 3.51. The first-order chi connectivity index (χ1) is 14.8. The average Bonchev–Trinajstić information content (AvgIpc) is 2.96. The van der Waals surface area contributed by atoms with Gasteiger partial charge in [-0.05, 0) is 38.2 Å². The van der Waals surface area contributed by atoms with E-state index >= 15 is 0 Å². The largest absolute Gasteiger partial charge is 0.343 e. The molecule has 2 atom stereocenters. The first-order valence-corrected chi connectivity index (χ1v) is 10.8. The van der Waals surface area contributed by atoms with Gasteiger partial charge in [-0.25, -0.2) is 9.07 Å². The molecule has 1 amide bonds. The van der Waals surface area contributed by atoms with Gasteiger partial charge in [-0.3, -0.25) is 9.59 Å². The highest BCUT2D eigenvalue weighted by atomic mass is 19.1. The summed E-state index contributed by atoms with van der Waals surface area (Å²) in [4.78, 5) is 27.9. The minimum Gasteiger partial charge on any atom is -0.343 e. The second kappa shape index (κ2) is 8.29. The van der Waals surface area contributed by atoms with Crippen molar-refractivity contribution >= 4 is 16.7 Å². The van der Waals surface area contributed by atoms with Crippen molar-refractivity contribution < 1.29 is 9.18 Å². The van der Waals surface area contributed by atoms with Crippen molar-refractivity contribution in [2.75, 3.05) is 13.1 Å². The van der Waals surface area contributed by atoms with Gasteiger partial charge in [0.25, 0.3) is 5.56 Å². The lowest BCUT2D eigenvalue weighted by Crippen LogP contribution is -2.45. The number of rotatable bonds is 4. The van der Waals surface area contributed by atoms with E-state index in [1.165, 1.54) is 10.7 Å². The first kappa shape index (κ1) is 21.3. The number of aromatic nitrogens is 3. The molecule has 4 rings (SSSR count). The molecule has 0 bridgehead atoms. The number of hydrogen-bond donors (Lipinski definition) is 0. The summed E-state index contributed by atoms with van der Waals surface area (Å²) in [5, 5.41) is 5.57. The number of halogens is 1. The van der Waals surface area contributed by atoms with Crippen LogP contribution in [0, 0.1) is 31.5 Å². The van der Waals surface area contributed by atoms with Crippen molar-refractivity contribution in [3.63, 3.8) is 0 Å². The van der Waals surface area contributed by atoms with Gasteiger partial charge >= 0.3 is 0 Å². The monoisotopic (exact) mass is 424 g/mol. The second-order valence-electron chi connectivity index (χ2n) is 8.99. The molecular weight excluding hydrogens is 395 g/mol. The summed E-state index contributed by atoms with van der Waals surface area (Å²) in [5.74, 6) is 0.562. The molecular formula is C24H29FN4O2. The molecule has 0 N–H and O–H groups in total.